The van der Waals surface area contributed by atoms with Crippen molar-refractivity contribution >= 4 is 29.0 Å². The van der Waals surface area contributed by atoms with Crippen LogP contribution in [0.25, 0.3) is 28.1 Å². The Morgan fingerprint density at radius 2 is 1.67 bits per heavy atom. The number of alkyl carbamates (subject to hydrolysis) is 1. The summed E-state index contributed by atoms with van der Waals surface area (Å²) < 4.78 is 5.53. The molecular formula is C27H22N2O4. The monoisotopic (exact) mass is 438 g/mol. The minimum atomic E-state index is -0.990. The van der Waals surface area contributed by atoms with Gasteiger partial charge >= 0.3 is 12.1 Å². The van der Waals surface area contributed by atoms with Gasteiger partial charge in [0.15, 0.2) is 0 Å². The number of aromatic nitrogens is 1. The fraction of sp³-hybridized carbons (Fsp3) is 0.111. The minimum Gasteiger partial charge on any atom is -0.477 e. The van der Waals surface area contributed by atoms with Gasteiger partial charge in [-0.3, -0.25) is 0 Å². The Balaban J connectivity index is 1.17. The Morgan fingerprint density at radius 1 is 0.970 bits per heavy atom. The predicted octanol–water partition coefficient (Wildman–Crippen LogP) is 5.42. The molecule has 3 aromatic carbocycles. The van der Waals surface area contributed by atoms with Crippen molar-refractivity contribution in [2.24, 2.45) is 0 Å². The van der Waals surface area contributed by atoms with Crippen LogP contribution in [0.5, 0.6) is 0 Å². The highest BCUT2D eigenvalue weighted by molar-refractivity contribution is 5.94. The second kappa shape index (κ2) is 8.67. The fourth-order valence-corrected chi connectivity index (χ4v) is 4.36. The highest BCUT2D eigenvalue weighted by Gasteiger charge is 2.28. The molecule has 33 heavy (non-hydrogen) atoms. The SMILES string of the molecule is O=C(NCC=Cc1ccc2[nH]c(C(=O)O)cc2c1)OCC1c2ccccc2-c2ccccc21. The van der Waals surface area contributed by atoms with Gasteiger partial charge in [0.2, 0.25) is 0 Å². The number of carboxylic acid groups (broad SMARTS) is 1. The van der Waals surface area contributed by atoms with Crippen LogP contribution in [0, 0.1) is 0 Å². The molecule has 0 saturated heterocycles. The average molecular weight is 438 g/mol. The van der Waals surface area contributed by atoms with Gasteiger partial charge in [-0.25, -0.2) is 9.59 Å². The van der Waals surface area contributed by atoms with Gasteiger partial charge < -0.3 is 20.1 Å². The molecule has 1 aliphatic rings. The first kappa shape index (κ1) is 20.6. The highest BCUT2D eigenvalue weighted by Crippen LogP contribution is 2.44. The van der Waals surface area contributed by atoms with Crippen LogP contribution in [-0.4, -0.2) is 35.3 Å². The average Bonchev–Trinajstić information content (AvgIpc) is 3.40. The minimum absolute atomic E-state index is 0.0301. The molecule has 3 N–H and O–H groups in total. The Labute approximate surface area is 190 Å². The summed E-state index contributed by atoms with van der Waals surface area (Å²) in [6.07, 6.45) is 3.23. The molecule has 1 aliphatic carbocycles. The smallest absolute Gasteiger partial charge is 0.407 e. The number of rotatable bonds is 6. The largest absolute Gasteiger partial charge is 0.477 e. The van der Waals surface area contributed by atoms with E-state index >= 15 is 0 Å². The first-order valence-corrected chi connectivity index (χ1v) is 10.7. The van der Waals surface area contributed by atoms with Crippen molar-refractivity contribution in [3.8, 4) is 11.1 Å². The number of carboxylic acids is 1. The number of carbonyl (C=O) groups excluding carboxylic acids is 1. The molecule has 0 fully saturated rings. The van der Waals surface area contributed by atoms with Crippen LogP contribution in [0.3, 0.4) is 0 Å². The molecule has 0 atom stereocenters. The molecule has 0 aliphatic heterocycles. The molecule has 4 aromatic rings. The van der Waals surface area contributed by atoms with E-state index in [0.29, 0.717) is 6.54 Å². The number of carbonyl (C=O) groups is 2. The van der Waals surface area contributed by atoms with E-state index in [2.05, 4.69) is 34.6 Å². The molecule has 0 radical (unpaired) electrons. The lowest BCUT2D eigenvalue weighted by molar-refractivity contribution is 0.0691. The molecule has 0 bridgehead atoms. The summed E-state index contributed by atoms with van der Waals surface area (Å²) >= 11 is 0. The summed E-state index contributed by atoms with van der Waals surface area (Å²) in [7, 11) is 0. The van der Waals surface area contributed by atoms with Crippen molar-refractivity contribution in [1.29, 1.82) is 0 Å². The number of amides is 1. The Bertz CT molecular complexity index is 1340. The van der Waals surface area contributed by atoms with Gasteiger partial charge in [-0.1, -0.05) is 66.7 Å². The zero-order chi connectivity index (χ0) is 22.8. The summed E-state index contributed by atoms with van der Waals surface area (Å²) in [5.74, 6) is -0.960. The van der Waals surface area contributed by atoms with E-state index in [1.165, 1.54) is 22.3 Å². The molecular weight excluding hydrogens is 416 g/mol. The fourth-order valence-electron chi connectivity index (χ4n) is 4.36. The Morgan fingerprint density at radius 3 is 2.36 bits per heavy atom. The first-order chi connectivity index (χ1) is 16.1. The molecule has 0 unspecified atom stereocenters. The van der Waals surface area contributed by atoms with Gasteiger partial charge in [0.1, 0.15) is 12.3 Å². The number of fused-ring (bicyclic) bond motifs is 4. The van der Waals surface area contributed by atoms with Crippen LogP contribution in [0.1, 0.15) is 33.1 Å². The molecule has 0 saturated carbocycles. The van der Waals surface area contributed by atoms with Crippen LogP contribution in [-0.2, 0) is 4.74 Å². The zero-order valence-electron chi connectivity index (χ0n) is 17.7. The quantitative estimate of drug-likeness (QED) is 0.375. The van der Waals surface area contributed by atoms with Crippen molar-refractivity contribution in [2.45, 2.75) is 5.92 Å². The van der Waals surface area contributed by atoms with E-state index in [0.717, 1.165) is 16.5 Å². The topological polar surface area (TPSA) is 91.4 Å². The van der Waals surface area contributed by atoms with Crippen LogP contribution in [0.4, 0.5) is 4.79 Å². The molecule has 164 valence electrons. The van der Waals surface area contributed by atoms with Gasteiger partial charge in [0.25, 0.3) is 0 Å². The Kier molecular flexibility index (Phi) is 5.40. The standard InChI is InChI=1S/C27H22N2O4/c30-26(31)25-15-18-14-17(11-12-24(18)29-25)6-5-13-28-27(32)33-16-23-21-9-3-1-7-19(21)20-8-2-4-10-22(20)23/h1-12,14-15,23,29H,13,16H2,(H,28,32)(H,30,31). The van der Waals surface area contributed by atoms with Gasteiger partial charge in [-0.2, -0.15) is 0 Å². The van der Waals surface area contributed by atoms with E-state index < -0.39 is 12.1 Å². The summed E-state index contributed by atoms with van der Waals surface area (Å²) in [4.78, 5) is 26.2. The number of aromatic amines is 1. The number of ether oxygens (including phenoxy) is 1. The number of aromatic carboxylic acids is 1. The molecule has 5 rings (SSSR count). The summed E-state index contributed by atoms with van der Waals surface area (Å²) in [5, 5.41) is 12.7. The normalized spacial score (nSPS) is 12.6. The summed E-state index contributed by atoms with van der Waals surface area (Å²) in [6, 6.07) is 23.7. The van der Waals surface area contributed by atoms with Gasteiger partial charge in [0, 0.05) is 23.4 Å². The lowest BCUT2D eigenvalue weighted by atomic mass is 9.98. The zero-order valence-corrected chi connectivity index (χ0v) is 17.7. The number of hydrogen-bond acceptors (Lipinski definition) is 3. The highest BCUT2D eigenvalue weighted by atomic mass is 16.5. The van der Waals surface area contributed by atoms with Gasteiger partial charge in [-0.15, -0.1) is 0 Å². The van der Waals surface area contributed by atoms with Crippen molar-refractivity contribution in [2.75, 3.05) is 13.2 Å². The number of benzene rings is 3. The van der Waals surface area contributed by atoms with Gasteiger partial charge in [0.05, 0.1) is 0 Å². The molecule has 6 nitrogen and oxygen atoms in total. The van der Waals surface area contributed by atoms with E-state index in [-0.39, 0.29) is 18.2 Å². The van der Waals surface area contributed by atoms with Crippen molar-refractivity contribution in [1.82, 2.24) is 10.3 Å². The summed E-state index contributed by atoms with van der Waals surface area (Å²) in [6.45, 7) is 0.599. The lowest BCUT2D eigenvalue weighted by Gasteiger charge is -2.14. The predicted molar refractivity (Wildman–Crippen MR) is 127 cm³/mol. The summed E-state index contributed by atoms with van der Waals surface area (Å²) in [5.41, 5.74) is 6.58. The second-order valence-electron chi connectivity index (χ2n) is 7.94. The molecule has 6 heteroatoms. The van der Waals surface area contributed by atoms with Crippen LogP contribution < -0.4 is 5.32 Å². The van der Waals surface area contributed by atoms with Crippen molar-refractivity contribution in [3.05, 3.63) is 101 Å². The third-order valence-corrected chi connectivity index (χ3v) is 5.89. The maximum absolute atomic E-state index is 12.2. The van der Waals surface area contributed by atoms with E-state index in [9.17, 15) is 9.59 Å². The van der Waals surface area contributed by atoms with Gasteiger partial charge in [-0.05, 0) is 46.0 Å². The maximum atomic E-state index is 12.2. The van der Waals surface area contributed by atoms with E-state index in [1.54, 1.807) is 6.07 Å². The molecule has 1 aromatic heterocycles. The third-order valence-electron chi connectivity index (χ3n) is 5.89. The van der Waals surface area contributed by atoms with E-state index in [4.69, 9.17) is 9.84 Å². The maximum Gasteiger partial charge on any atom is 0.407 e. The Hall–Kier alpha value is -4.32. The molecule has 1 amide bonds. The molecule has 0 spiro atoms. The third kappa shape index (κ3) is 4.11. The number of hydrogen-bond donors (Lipinski definition) is 3. The van der Waals surface area contributed by atoms with Crippen LogP contribution >= 0.6 is 0 Å². The first-order valence-electron chi connectivity index (χ1n) is 10.7. The molecule has 1 heterocycles. The van der Waals surface area contributed by atoms with Crippen molar-refractivity contribution < 1.29 is 19.4 Å². The number of nitrogens with one attached hydrogen (secondary N) is 2. The van der Waals surface area contributed by atoms with Crippen LogP contribution in [0.15, 0.2) is 78.9 Å². The second-order valence-corrected chi connectivity index (χ2v) is 7.94. The van der Waals surface area contributed by atoms with Crippen molar-refractivity contribution in [3.63, 3.8) is 0 Å². The van der Waals surface area contributed by atoms with E-state index in [1.807, 2.05) is 54.6 Å². The number of H-pyrrole nitrogens is 1. The van der Waals surface area contributed by atoms with Crippen LogP contribution in [0.2, 0.25) is 0 Å². The lowest BCUT2D eigenvalue weighted by Crippen LogP contribution is -2.26.